The summed E-state index contributed by atoms with van der Waals surface area (Å²) in [5.41, 5.74) is 1.79. The van der Waals surface area contributed by atoms with Gasteiger partial charge in [0.05, 0.1) is 12.9 Å². The third kappa shape index (κ3) is 6.67. The fraction of sp³-hybridized carbons (Fsp3) is 0.389. The number of hydrogen-bond acceptors (Lipinski definition) is 4. The van der Waals surface area contributed by atoms with E-state index in [1.54, 1.807) is 6.26 Å². The number of rotatable bonds is 10. The molecule has 0 radical (unpaired) electrons. The zero-order valence-corrected chi connectivity index (χ0v) is 13.4. The fourth-order valence-corrected chi connectivity index (χ4v) is 2.11. The van der Waals surface area contributed by atoms with Crippen LogP contribution in [0.5, 0.6) is 0 Å². The Morgan fingerprint density at radius 2 is 2.09 bits per heavy atom. The van der Waals surface area contributed by atoms with Gasteiger partial charge in [-0.25, -0.2) is 0 Å². The average Bonchev–Trinajstić information content (AvgIpc) is 3.05. The summed E-state index contributed by atoms with van der Waals surface area (Å²) in [5, 5.41) is 2.89. The van der Waals surface area contributed by atoms with Crippen molar-refractivity contribution in [2.24, 2.45) is 0 Å². The predicted molar refractivity (Wildman–Crippen MR) is 88.0 cm³/mol. The molecule has 0 atom stereocenters. The summed E-state index contributed by atoms with van der Waals surface area (Å²) in [7, 11) is 0. The van der Waals surface area contributed by atoms with Crippen molar-refractivity contribution in [3.8, 4) is 0 Å². The van der Waals surface area contributed by atoms with Crippen LogP contribution in [0.25, 0.3) is 0 Å². The molecule has 23 heavy (non-hydrogen) atoms. The highest BCUT2D eigenvalue weighted by Gasteiger charge is 2.04. The highest BCUT2D eigenvalue weighted by Crippen LogP contribution is 2.13. The Kier molecular flexibility index (Phi) is 7.36. The van der Waals surface area contributed by atoms with E-state index in [-0.39, 0.29) is 5.91 Å². The maximum absolute atomic E-state index is 11.8. The van der Waals surface area contributed by atoms with Gasteiger partial charge < -0.3 is 19.2 Å². The first kappa shape index (κ1) is 17.2. The van der Waals surface area contributed by atoms with E-state index in [2.05, 4.69) is 5.32 Å². The molecule has 1 aromatic heterocycles. The topological polar surface area (TPSA) is 60.7 Å². The van der Waals surface area contributed by atoms with Crippen molar-refractivity contribution in [3.05, 3.63) is 54.0 Å². The summed E-state index contributed by atoms with van der Waals surface area (Å²) < 4.78 is 16.0. The first-order valence-electron chi connectivity index (χ1n) is 7.84. The molecule has 5 nitrogen and oxygen atoms in total. The zero-order chi connectivity index (χ0) is 16.3. The van der Waals surface area contributed by atoms with E-state index in [4.69, 9.17) is 13.9 Å². The average molecular weight is 317 g/mol. The van der Waals surface area contributed by atoms with Crippen molar-refractivity contribution in [3.63, 3.8) is 0 Å². The highest BCUT2D eigenvalue weighted by molar-refractivity contribution is 5.90. The van der Waals surface area contributed by atoms with E-state index in [0.29, 0.717) is 32.8 Å². The lowest BCUT2D eigenvalue weighted by Crippen LogP contribution is -2.12. The van der Waals surface area contributed by atoms with Crippen LogP contribution >= 0.6 is 0 Å². The Morgan fingerprint density at radius 3 is 2.87 bits per heavy atom. The third-order valence-electron chi connectivity index (χ3n) is 3.20. The molecular weight excluding hydrogens is 294 g/mol. The molecule has 1 N–H and O–H groups in total. The molecular formula is C18H23NO4. The van der Waals surface area contributed by atoms with E-state index in [0.717, 1.165) is 23.4 Å². The number of carbonyl (C=O) groups is 1. The third-order valence-corrected chi connectivity index (χ3v) is 3.20. The molecule has 0 aliphatic heterocycles. The van der Waals surface area contributed by atoms with Gasteiger partial charge in [0, 0.05) is 25.3 Å². The lowest BCUT2D eigenvalue weighted by atomic mass is 10.2. The summed E-state index contributed by atoms with van der Waals surface area (Å²) in [5.74, 6) is 0.794. The number of amides is 1. The summed E-state index contributed by atoms with van der Waals surface area (Å²) in [4.78, 5) is 11.8. The second-order valence-corrected chi connectivity index (χ2v) is 5.12. The number of benzene rings is 1. The highest BCUT2D eigenvalue weighted by atomic mass is 16.5. The predicted octanol–water partition coefficient (Wildman–Crippen LogP) is 3.75. The van der Waals surface area contributed by atoms with E-state index >= 15 is 0 Å². The zero-order valence-electron chi connectivity index (χ0n) is 13.4. The number of furan rings is 1. The molecule has 0 aliphatic rings. The van der Waals surface area contributed by atoms with Gasteiger partial charge in [-0.1, -0.05) is 12.1 Å². The van der Waals surface area contributed by atoms with Gasteiger partial charge in [0.1, 0.15) is 12.4 Å². The molecule has 0 bridgehead atoms. The minimum atomic E-state index is -0.00152. The molecule has 0 aliphatic carbocycles. The van der Waals surface area contributed by atoms with Crippen LogP contribution in [0.2, 0.25) is 0 Å². The van der Waals surface area contributed by atoms with Crippen molar-refractivity contribution in [1.29, 1.82) is 0 Å². The Labute approximate surface area is 136 Å². The standard InChI is InChI=1S/C18H23NO4/c1-2-21-10-5-9-18(20)19-16-7-3-6-15(12-16)13-22-14-17-8-4-11-23-17/h3-4,6-8,11-12H,2,5,9-10,13-14H2,1H3,(H,19,20). The van der Waals surface area contributed by atoms with Crippen molar-refractivity contribution >= 4 is 11.6 Å². The monoisotopic (exact) mass is 317 g/mol. The largest absolute Gasteiger partial charge is 0.467 e. The summed E-state index contributed by atoms with van der Waals surface area (Å²) in [6.07, 6.45) is 2.81. The van der Waals surface area contributed by atoms with Crippen molar-refractivity contribution in [2.45, 2.75) is 33.0 Å². The van der Waals surface area contributed by atoms with E-state index in [1.165, 1.54) is 0 Å². The Bertz CT molecular complexity index is 580. The van der Waals surface area contributed by atoms with Gasteiger partial charge in [0.2, 0.25) is 5.91 Å². The summed E-state index contributed by atoms with van der Waals surface area (Å²) in [6, 6.07) is 11.4. The SMILES string of the molecule is CCOCCCC(=O)Nc1cccc(COCc2ccco2)c1. The number of hydrogen-bond donors (Lipinski definition) is 1. The van der Waals surface area contributed by atoms with Crippen LogP contribution in [0.15, 0.2) is 47.1 Å². The molecule has 2 aromatic rings. The van der Waals surface area contributed by atoms with Crippen LogP contribution in [-0.4, -0.2) is 19.1 Å². The molecule has 1 heterocycles. The second-order valence-electron chi connectivity index (χ2n) is 5.12. The summed E-state index contributed by atoms with van der Waals surface area (Å²) >= 11 is 0. The Morgan fingerprint density at radius 1 is 1.17 bits per heavy atom. The first-order valence-corrected chi connectivity index (χ1v) is 7.84. The number of carbonyl (C=O) groups excluding carboxylic acids is 1. The van der Waals surface area contributed by atoms with Crippen LogP contribution in [0, 0.1) is 0 Å². The quantitative estimate of drug-likeness (QED) is 0.678. The maximum atomic E-state index is 11.8. The van der Waals surface area contributed by atoms with E-state index in [9.17, 15) is 4.79 Å². The summed E-state index contributed by atoms with van der Waals surface area (Å²) in [6.45, 7) is 4.14. The number of anilines is 1. The Hall–Kier alpha value is -2.11. The van der Waals surface area contributed by atoms with Crippen molar-refractivity contribution < 1.29 is 18.7 Å². The van der Waals surface area contributed by atoms with Gasteiger partial charge in [0.25, 0.3) is 0 Å². The fourth-order valence-electron chi connectivity index (χ4n) is 2.11. The molecule has 124 valence electrons. The smallest absolute Gasteiger partial charge is 0.224 e. The van der Waals surface area contributed by atoms with Gasteiger partial charge in [-0.15, -0.1) is 0 Å². The lowest BCUT2D eigenvalue weighted by Gasteiger charge is -2.08. The van der Waals surface area contributed by atoms with Gasteiger partial charge in [-0.3, -0.25) is 4.79 Å². The van der Waals surface area contributed by atoms with Crippen LogP contribution < -0.4 is 5.32 Å². The molecule has 0 saturated heterocycles. The normalized spacial score (nSPS) is 10.7. The van der Waals surface area contributed by atoms with E-state index < -0.39 is 0 Å². The van der Waals surface area contributed by atoms with Gasteiger partial charge >= 0.3 is 0 Å². The molecule has 2 rings (SSSR count). The van der Waals surface area contributed by atoms with Crippen LogP contribution in [0.4, 0.5) is 5.69 Å². The van der Waals surface area contributed by atoms with Crippen molar-refractivity contribution in [1.82, 2.24) is 0 Å². The van der Waals surface area contributed by atoms with Crippen LogP contribution in [-0.2, 0) is 27.5 Å². The van der Waals surface area contributed by atoms with Crippen molar-refractivity contribution in [2.75, 3.05) is 18.5 Å². The second kappa shape index (κ2) is 9.82. The first-order chi connectivity index (χ1) is 11.3. The minimum Gasteiger partial charge on any atom is -0.467 e. The van der Waals surface area contributed by atoms with Crippen LogP contribution in [0.1, 0.15) is 31.1 Å². The molecule has 0 unspecified atom stereocenters. The molecule has 0 fully saturated rings. The molecule has 0 spiro atoms. The maximum Gasteiger partial charge on any atom is 0.224 e. The molecule has 1 aromatic carbocycles. The lowest BCUT2D eigenvalue weighted by molar-refractivity contribution is -0.116. The van der Waals surface area contributed by atoms with Gasteiger partial charge in [0.15, 0.2) is 0 Å². The Balaban J connectivity index is 1.74. The van der Waals surface area contributed by atoms with Crippen LogP contribution in [0.3, 0.4) is 0 Å². The van der Waals surface area contributed by atoms with E-state index in [1.807, 2.05) is 43.3 Å². The van der Waals surface area contributed by atoms with Gasteiger partial charge in [-0.2, -0.15) is 0 Å². The minimum absolute atomic E-state index is 0.00152. The number of ether oxygens (including phenoxy) is 2. The molecule has 5 heteroatoms. The number of nitrogens with one attached hydrogen (secondary N) is 1. The van der Waals surface area contributed by atoms with Gasteiger partial charge in [-0.05, 0) is 43.2 Å². The molecule has 0 saturated carbocycles. The molecule has 1 amide bonds.